The molecule has 2 heterocycles. The topological polar surface area (TPSA) is 61.7 Å². The number of nitrogens with zero attached hydrogens (tertiary/aromatic N) is 4. The third-order valence-corrected chi connectivity index (χ3v) is 2.57. The summed E-state index contributed by atoms with van der Waals surface area (Å²) in [5, 5.41) is 4.26. The standard InChI is InChI=1S/C11H17N5/c1-2-16-8-10(6-14-16)11-7-13-9-15(11)5-3-4-12/h6-9H,2-5,12H2,1H3. The average Bonchev–Trinajstić information content (AvgIpc) is 2.94. The van der Waals surface area contributed by atoms with Crippen LogP contribution < -0.4 is 5.73 Å². The molecule has 0 atom stereocenters. The van der Waals surface area contributed by atoms with E-state index < -0.39 is 0 Å². The van der Waals surface area contributed by atoms with E-state index in [1.807, 2.05) is 29.6 Å². The number of aromatic nitrogens is 4. The molecule has 0 unspecified atom stereocenters. The lowest BCUT2D eigenvalue weighted by Crippen LogP contribution is -2.05. The molecular formula is C11H17N5. The van der Waals surface area contributed by atoms with E-state index in [9.17, 15) is 0 Å². The molecule has 0 saturated carbocycles. The fraction of sp³-hybridized carbons (Fsp3) is 0.455. The summed E-state index contributed by atoms with van der Waals surface area (Å²) < 4.78 is 4.03. The number of imidazole rings is 1. The minimum Gasteiger partial charge on any atom is -0.330 e. The summed E-state index contributed by atoms with van der Waals surface area (Å²) in [7, 11) is 0. The normalized spacial score (nSPS) is 10.9. The lowest BCUT2D eigenvalue weighted by Gasteiger charge is -2.04. The average molecular weight is 219 g/mol. The molecule has 0 aliphatic heterocycles. The molecule has 16 heavy (non-hydrogen) atoms. The van der Waals surface area contributed by atoms with E-state index in [0.717, 1.165) is 30.8 Å². The highest BCUT2D eigenvalue weighted by Crippen LogP contribution is 2.18. The Balaban J connectivity index is 2.22. The van der Waals surface area contributed by atoms with E-state index in [0.29, 0.717) is 6.54 Å². The van der Waals surface area contributed by atoms with Gasteiger partial charge in [0.2, 0.25) is 0 Å². The van der Waals surface area contributed by atoms with Gasteiger partial charge in [0, 0.05) is 24.8 Å². The van der Waals surface area contributed by atoms with Gasteiger partial charge in [0.05, 0.1) is 24.4 Å². The molecule has 0 radical (unpaired) electrons. The van der Waals surface area contributed by atoms with Crippen LogP contribution >= 0.6 is 0 Å². The van der Waals surface area contributed by atoms with E-state index in [-0.39, 0.29) is 0 Å². The summed E-state index contributed by atoms with van der Waals surface area (Å²) in [6, 6.07) is 0. The van der Waals surface area contributed by atoms with Crippen LogP contribution in [0.15, 0.2) is 24.9 Å². The monoisotopic (exact) mass is 219 g/mol. The summed E-state index contributed by atoms with van der Waals surface area (Å²) in [6.45, 7) is 4.56. The second-order valence-electron chi connectivity index (χ2n) is 3.70. The first-order chi connectivity index (χ1) is 7.85. The lowest BCUT2D eigenvalue weighted by molar-refractivity contribution is 0.653. The van der Waals surface area contributed by atoms with Gasteiger partial charge >= 0.3 is 0 Å². The molecule has 0 amide bonds. The second-order valence-corrected chi connectivity index (χ2v) is 3.70. The SMILES string of the molecule is CCn1cc(-c2cncn2CCCN)cn1. The van der Waals surface area contributed by atoms with Gasteiger partial charge in [-0.25, -0.2) is 4.98 Å². The predicted molar refractivity (Wildman–Crippen MR) is 62.8 cm³/mol. The zero-order chi connectivity index (χ0) is 11.4. The molecule has 0 fully saturated rings. The molecule has 2 aromatic rings. The molecule has 0 bridgehead atoms. The third-order valence-electron chi connectivity index (χ3n) is 2.57. The van der Waals surface area contributed by atoms with Crippen LogP contribution in [0.1, 0.15) is 13.3 Å². The van der Waals surface area contributed by atoms with Gasteiger partial charge in [-0.1, -0.05) is 0 Å². The smallest absolute Gasteiger partial charge is 0.0950 e. The minimum absolute atomic E-state index is 0.700. The van der Waals surface area contributed by atoms with Crippen molar-refractivity contribution in [3.8, 4) is 11.3 Å². The fourth-order valence-corrected chi connectivity index (χ4v) is 1.67. The Hall–Kier alpha value is -1.62. The first-order valence-corrected chi connectivity index (χ1v) is 5.58. The van der Waals surface area contributed by atoms with Gasteiger partial charge < -0.3 is 10.3 Å². The number of nitrogens with two attached hydrogens (primary N) is 1. The Morgan fingerprint density at radius 3 is 2.94 bits per heavy atom. The Morgan fingerprint density at radius 1 is 1.38 bits per heavy atom. The highest BCUT2D eigenvalue weighted by atomic mass is 15.3. The van der Waals surface area contributed by atoms with Crippen molar-refractivity contribution in [1.82, 2.24) is 19.3 Å². The summed E-state index contributed by atoms with van der Waals surface area (Å²) >= 11 is 0. The van der Waals surface area contributed by atoms with Crippen molar-refractivity contribution < 1.29 is 0 Å². The van der Waals surface area contributed by atoms with Gasteiger partial charge in [0.1, 0.15) is 0 Å². The van der Waals surface area contributed by atoms with Gasteiger partial charge in [-0.05, 0) is 19.9 Å². The van der Waals surface area contributed by atoms with Gasteiger partial charge in [-0.2, -0.15) is 5.10 Å². The zero-order valence-electron chi connectivity index (χ0n) is 9.50. The Morgan fingerprint density at radius 2 is 2.25 bits per heavy atom. The first kappa shape index (κ1) is 10.9. The maximum Gasteiger partial charge on any atom is 0.0950 e. The van der Waals surface area contributed by atoms with Crippen molar-refractivity contribution in [2.75, 3.05) is 6.54 Å². The van der Waals surface area contributed by atoms with Crippen LogP contribution in [-0.2, 0) is 13.1 Å². The zero-order valence-corrected chi connectivity index (χ0v) is 9.50. The number of aryl methyl sites for hydroxylation is 2. The molecule has 0 aliphatic carbocycles. The summed E-state index contributed by atoms with van der Waals surface area (Å²) in [5.74, 6) is 0. The Bertz CT molecular complexity index is 443. The van der Waals surface area contributed by atoms with E-state index >= 15 is 0 Å². The molecule has 2 aromatic heterocycles. The van der Waals surface area contributed by atoms with Crippen LogP contribution in [-0.4, -0.2) is 25.9 Å². The lowest BCUT2D eigenvalue weighted by atomic mass is 10.2. The molecule has 2 rings (SSSR count). The molecule has 0 aromatic carbocycles. The Kier molecular flexibility index (Phi) is 3.36. The second kappa shape index (κ2) is 4.94. The number of hydrogen-bond donors (Lipinski definition) is 1. The van der Waals surface area contributed by atoms with Gasteiger partial charge in [0.15, 0.2) is 0 Å². The fourth-order valence-electron chi connectivity index (χ4n) is 1.67. The molecule has 86 valence electrons. The van der Waals surface area contributed by atoms with Gasteiger partial charge in [-0.3, -0.25) is 4.68 Å². The molecular weight excluding hydrogens is 202 g/mol. The highest BCUT2D eigenvalue weighted by Gasteiger charge is 2.06. The van der Waals surface area contributed by atoms with Crippen LogP contribution in [0.4, 0.5) is 0 Å². The van der Waals surface area contributed by atoms with Crippen LogP contribution in [0.3, 0.4) is 0 Å². The van der Waals surface area contributed by atoms with E-state index in [1.165, 1.54) is 0 Å². The summed E-state index contributed by atoms with van der Waals surface area (Å²) in [6.07, 6.45) is 8.59. The van der Waals surface area contributed by atoms with E-state index in [4.69, 9.17) is 5.73 Å². The van der Waals surface area contributed by atoms with Crippen LogP contribution in [0, 0.1) is 0 Å². The van der Waals surface area contributed by atoms with Crippen LogP contribution in [0.5, 0.6) is 0 Å². The molecule has 5 heteroatoms. The van der Waals surface area contributed by atoms with Crippen molar-refractivity contribution in [3.63, 3.8) is 0 Å². The largest absolute Gasteiger partial charge is 0.330 e. The van der Waals surface area contributed by atoms with Gasteiger partial charge in [-0.15, -0.1) is 0 Å². The van der Waals surface area contributed by atoms with Crippen LogP contribution in [0.25, 0.3) is 11.3 Å². The summed E-state index contributed by atoms with van der Waals surface area (Å²) in [4.78, 5) is 4.17. The minimum atomic E-state index is 0.700. The van der Waals surface area contributed by atoms with E-state index in [1.54, 1.807) is 0 Å². The molecule has 2 N–H and O–H groups in total. The predicted octanol–water partition coefficient (Wildman–Crippen LogP) is 1.12. The molecule has 0 aliphatic rings. The van der Waals surface area contributed by atoms with E-state index in [2.05, 4.69) is 21.6 Å². The number of hydrogen-bond acceptors (Lipinski definition) is 3. The summed E-state index contributed by atoms with van der Waals surface area (Å²) in [5.41, 5.74) is 7.72. The van der Waals surface area contributed by atoms with Crippen molar-refractivity contribution >= 4 is 0 Å². The maximum atomic E-state index is 5.51. The maximum absolute atomic E-state index is 5.51. The third kappa shape index (κ3) is 2.14. The van der Waals surface area contributed by atoms with Crippen molar-refractivity contribution in [2.24, 2.45) is 5.73 Å². The molecule has 0 spiro atoms. The van der Waals surface area contributed by atoms with Crippen molar-refractivity contribution in [2.45, 2.75) is 26.4 Å². The molecule has 0 saturated heterocycles. The Labute approximate surface area is 94.9 Å². The molecule has 5 nitrogen and oxygen atoms in total. The first-order valence-electron chi connectivity index (χ1n) is 5.58. The van der Waals surface area contributed by atoms with Gasteiger partial charge in [0.25, 0.3) is 0 Å². The quantitative estimate of drug-likeness (QED) is 0.819. The van der Waals surface area contributed by atoms with Crippen LogP contribution in [0.2, 0.25) is 0 Å². The number of rotatable bonds is 5. The van der Waals surface area contributed by atoms with Crippen molar-refractivity contribution in [3.05, 3.63) is 24.9 Å². The highest BCUT2D eigenvalue weighted by molar-refractivity contribution is 5.56. The van der Waals surface area contributed by atoms with Crippen molar-refractivity contribution in [1.29, 1.82) is 0 Å².